The Morgan fingerprint density at radius 3 is 0.796 bits per heavy atom. The predicted octanol–water partition coefficient (Wildman–Crippen LogP) is -4.60. The molecule has 0 aromatic heterocycles. The summed E-state index contributed by atoms with van der Waals surface area (Å²) >= 11 is 0. The van der Waals surface area contributed by atoms with E-state index in [1.54, 1.807) is 0 Å². The highest BCUT2D eigenvalue weighted by molar-refractivity contribution is 5.83. The van der Waals surface area contributed by atoms with Gasteiger partial charge in [0.1, 0.15) is 0 Å². The summed E-state index contributed by atoms with van der Waals surface area (Å²) in [6.07, 6.45) is -0.490. The van der Waals surface area contributed by atoms with Crippen LogP contribution in [-0.2, 0) is 38.4 Å². The van der Waals surface area contributed by atoms with E-state index in [0.717, 1.165) is 28.2 Å². The molecule has 280 valence electrons. The van der Waals surface area contributed by atoms with Gasteiger partial charge in [-0.2, -0.15) is 0 Å². The molecule has 8 N–H and O–H groups in total. The van der Waals surface area contributed by atoms with Crippen molar-refractivity contribution >= 4 is 47.3 Å². The quantitative estimate of drug-likeness (QED) is 0.0346. The van der Waals surface area contributed by atoms with Crippen molar-refractivity contribution in [3.8, 4) is 0 Å². The van der Waals surface area contributed by atoms with E-state index in [1.165, 1.54) is 9.80 Å². The molecule has 0 aliphatic carbocycles. The normalized spacial score (nSPS) is 10.7. The molecule has 49 heavy (non-hydrogen) atoms. The third kappa shape index (κ3) is 22.7. The van der Waals surface area contributed by atoms with E-state index in [-0.39, 0.29) is 97.6 Å². The SMILES string of the molecule is CN(O)C(=O)CCNC(=O)CN(CCCN(CC(=O)NCCC(=O)N(C)O)CC(=O)NCCC(=O)N(C)O)CC(=O)NCCC(=O)N(C)O. The summed E-state index contributed by atoms with van der Waals surface area (Å²) < 4.78 is 0. The average molecular weight is 707 g/mol. The molecule has 0 saturated heterocycles. The summed E-state index contributed by atoms with van der Waals surface area (Å²) in [4.78, 5) is 99.5. The first-order chi connectivity index (χ1) is 22.9. The monoisotopic (exact) mass is 706 g/mol. The molecule has 8 amide bonds. The zero-order valence-electron chi connectivity index (χ0n) is 28.3. The summed E-state index contributed by atoms with van der Waals surface area (Å²) in [5.41, 5.74) is 0. The lowest BCUT2D eigenvalue weighted by molar-refractivity contribution is -0.159. The minimum absolute atomic E-state index is 0.0855. The van der Waals surface area contributed by atoms with Gasteiger partial charge in [-0.1, -0.05) is 0 Å². The van der Waals surface area contributed by atoms with Crippen molar-refractivity contribution < 1.29 is 59.2 Å². The number of nitrogens with one attached hydrogen (secondary N) is 4. The third-order valence-corrected chi connectivity index (χ3v) is 6.51. The number of rotatable bonds is 24. The molecular formula is C27H50N10O12. The highest BCUT2D eigenvalue weighted by Crippen LogP contribution is 1.99. The highest BCUT2D eigenvalue weighted by Gasteiger charge is 2.19. The molecule has 0 aliphatic rings. The number of hydroxylamine groups is 8. The molecule has 0 saturated carbocycles. The Labute approximate surface area is 283 Å². The Kier molecular flexibility index (Phi) is 22.4. The molecule has 0 fully saturated rings. The van der Waals surface area contributed by atoms with Gasteiger partial charge < -0.3 is 21.3 Å². The van der Waals surface area contributed by atoms with Crippen LogP contribution in [0.4, 0.5) is 0 Å². The second-order valence-electron chi connectivity index (χ2n) is 10.8. The van der Waals surface area contributed by atoms with Crippen LogP contribution in [0.15, 0.2) is 0 Å². The lowest BCUT2D eigenvalue weighted by Gasteiger charge is -2.25. The summed E-state index contributed by atoms with van der Waals surface area (Å²) in [5, 5.41) is 48.2. The van der Waals surface area contributed by atoms with Crippen molar-refractivity contribution in [1.82, 2.24) is 51.3 Å². The first-order valence-corrected chi connectivity index (χ1v) is 15.3. The molecule has 0 aromatic rings. The number of nitrogens with zero attached hydrogens (tertiary/aromatic N) is 6. The molecule has 0 bridgehead atoms. The highest BCUT2D eigenvalue weighted by atomic mass is 16.5. The van der Waals surface area contributed by atoms with Crippen molar-refractivity contribution in [3.05, 3.63) is 0 Å². The van der Waals surface area contributed by atoms with Gasteiger partial charge in [-0.15, -0.1) is 0 Å². The summed E-state index contributed by atoms with van der Waals surface area (Å²) in [7, 11) is 4.56. The van der Waals surface area contributed by atoms with Crippen LogP contribution >= 0.6 is 0 Å². The molecule has 22 nitrogen and oxygen atoms in total. The summed E-state index contributed by atoms with van der Waals surface area (Å²) in [5.74, 6) is -4.69. The van der Waals surface area contributed by atoms with Crippen LogP contribution in [0.25, 0.3) is 0 Å². The van der Waals surface area contributed by atoms with Crippen LogP contribution < -0.4 is 21.3 Å². The van der Waals surface area contributed by atoms with Gasteiger partial charge in [-0.25, -0.2) is 20.3 Å². The number of carbonyl (C=O) groups is 8. The average Bonchev–Trinajstić information content (AvgIpc) is 3.00. The first-order valence-electron chi connectivity index (χ1n) is 15.3. The zero-order valence-corrected chi connectivity index (χ0v) is 28.3. The molecule has 0 atom stereocenters. The van der Waals surface area contributed by atoms with E-state index in [0.29, 0.717) is 20.3 Å². The molecule has 22 heteroatoms. The van der Waals surface area contributed by atoms with Crippen molar-refractivity contribution in [2.45, 2.75) is 32.1 Å². The van der Waals surface area contributed by atoms with Crippen LogP contribution in [0.5, 0.6) is 0 Å². The molecule has 0 aromatic carbocycles. The van der Waals surface area contributed by atoms with Gasteiger partial charge in [0.2, 0.25) is 47.3 Å². The smallest absolute Gasteiger partial charge is 0.247 e. The molecule has 0 aliphatic heterocycles. The van der Waals surface area contributed by atoms with E-state index in [9.17, 15) is 38.4 Å². The van der Waals surface area contributed by atoms with E-state index < -0.39 is 47.3 Å². The maximum atomic E-state index is 12.6. The van der Waals surface area contributed by atoms with Crippen LogP contribution in [0.3, 0.4) is 0 Å². The van der Waals surface area contributed by atoms with E-state index in [4.69, 9.17) is 20.8 Å². The lowest BCUT2D eigenvalue weighted by atomic mass is 10.3. The van der Waals surface area contributed by atoms with Gasteiger partial charge in [0.25, 0.3) is 0 Å². The van der Waals surface area contributed by atoms with Crippen molar-refractivity contribution in [2.24, 2.45) is 0 Å². The molecule has 0 rings (SSSR count). The van der Waals surface area contributed by atoms with Crippen LogP contribution in [0, 0.1) is 0 Å². The fourth-order valence-corrected chi connectivity index (χ4v) is 3.86. The van der Waals surface area contributed by atoms with Crippen LogP contribution in [0.1, 0.15) is 32.1 Å². The molecule has 0 spiro atoms. The number of hydrogen-bond donors (Lipinski definition) is 8. The largest absolute Gasteiger partial charge is 0.354 e. The second kappa shape index (κ2) is 24.6. The Bertz CT molecular complexity index is 956. The minimum atomic E-state index is -0.632. The third-order valence-electron chi connectivity index (χ3n) is 6.51. The maximum absolute atomic E-state index is 12.6. The lowest BCUT2D eigenvalue weighted by Crippen LogP contribution is -2.46. The number of hydrogen-bond acceptors (Lipinski definition) is 14. The maximum Gasteiger partial charge on any atom is 0.247 e. The van der Waals surface area contributed by atoms with Crippen LogP contribution in [-0.4, -0.2) is 192 Å². The molecule has 0 unspecified atom stereocenters. The topological polar surface area (TPSA) is 285 Å². The second-order valence-corrected chi connectivity index (χ2v) is 10.8. The Morgan fingerprint density at radius 2 is 0.612 bits per heavy atom. The molecule has 0 heterocycles. The zero-order chi connectivity index (χ0) is 37.5. The first kappa shape index (κ1) is 44.5. The van der Waals surface area contributed by atoms with E-state index in [1.807, 2.05) is 0 Å². The Morgan fingerprint density at radius 1 is 0.408 bits per heavy atom. The van der Waals surface area contributed by atoms with Gasteiger partial charge >= 0.3 is 0 Å². The number of carbonyl (C=O) groups excluding carboxylic acids is 8. The van der Waals surface area contributed by atoms with Gasteiger partial charge in [0.15, 0.2) is 0 Å². The standard InChI is InChI=1S/C27H50N10O12/c1-32(46)24(42)6-10-28-20(38)16-36(17-21(39)29-11-7-25(43)33(2)47)14-5-15-37(18-22(40)30-12-8-26(44)34(3)48)19-23(41)31-13-9-27(45)35(4)49/h46-49H,5-19H2,1-4H3,(H,28,38)(H,29,39)(H,30,40)(H,31,41). The predicted molar refractivity (Wildman–Crippen MR) is 166 cm³/mol. The van der Waals surface area contributed by atoms with Crippen molar-refractivity contribution in [2.75, 3.05) is 93.6 Å². The van der Waals surface area contributed by atoms with E-state index >= 15 is 0 Å². The minimum Gasteiger partial charge on any atom is -0.354 e. The van der Waals surface area contributed by atoms with E-state index in [2.05, 4.69) is 21.3 Å². The summed E-state index contributed by atoms with van der Waals surface area (Å²) in [6.45, 7) is -1.32. The Hall–Kier alpha value is -4.48. The van der Waals surface area contributed by atoms with Crippen molar-refractivity contribution in [1.29, 1.82) is 0 Å². The van der Waals surface area contributed by atoms with Gasteiger partial charge in [-0.05, 0) is 6.42 Å². The van der Waals surface area contributed by atoms with Gasteiger partial charge in [0, 0.05) is 93.1 Å². The number of amides is 8. The van der Waals surface area contributed by atoms with Gasteiger partial charge in [0.05, 0.1) is 26.2 Å². The molecular weight excluding hydrogens is 656 g/mol. The Balaban J connectivity index is 5.45. The molecule has 0 radical (unpaired) electrons. The summed E-state index contributed by atoms with van der Waals surface area (Å²) in [6, 6.07) is 0. The van der Waals surface area contributed by atoms with Gasteiger partial charge in [-0.3, -0.25) is 69.0 Å². The fourth-order valence-electron chi connectivity index (χ4n) is 3.86. The fraction of sp³-hybridized carbons (Fsp3) is 0.704. The van der Waals surface area contributed by atoms with Crippen LogP contribution in [0.2, 0.25) is 0 Å². The van der Waals surface area contributed by atoms with Crippen molar-refractivity contribution in [3.63, 3.8) is 0 Å².